The van der Waals surface area contributed by atoms with E-state index in [0.717, 1.165) is 54.7 Å². The highest BCUT2D eigenvalue weighted by Gasteiger charge is 2.04. The van der Waals surface area contributed by atoms with Crippen LogP contribution >= 0.6 is 0 Å². The molecule has 2 rings (SSSR count). The fraction of sp³-hybridized carbons (Fsp3) is 0.455. The van der Waals surface area contributed by atoms with Gasteiger partial charge in [-0.25, -0.2) is 0 Å². The fourth-order valence-electron chi connectivity index (χ4n) is 2.74. The lowest BCUT2D eigenvalue weighted by Gasteiger charge is -2.13. The van der Waals surface area contributed by atoms with Crippen molar-refractivity contribution in [1.29, 1.82) is 0 Å². The Bertz CT molecular complexity index is 659. The highest BCUT2D eigenvalue weighted by molar-refractivity contribution is 5.60. The molecule has 148 valence electrons. The van der Waals surface area contributed by atoms with Gasteiger partial charge in [-0.1, -0.05) is 26.2 Å². The maximum atomic E-state index is 5.77. The Balaban J connectivity index is 1.71. The maximum absolute atomic E-state index is 5.77. The molecule has 0 radical (unpaired) electrons. The Morgan fingerprint density at radius 1 is 0.778 bits per heavy atom. The van der Waals surface area contributed by atoms with Gasteiger partial charge in [0.1, 0.15) is 17.2 Å². The van der Waals surface area contributed by atoms with Gasteiger partial charge in [0, 0.05) is 24.8 Å². The van der Waals surface area contributed by atoms with Crippen molar-refractivity contribution >= 4 is 11.4 Å². The van der Waals surface area contributed by atoms with Crippen molar-refractivity contribution in [2.45, 2.75) is 32.6 Å². The van der Waals surface area contributed by atoms with E-state index in [-0.39, 0.29) is 0 Å². The second-order valence-electron chi connectivity index (χ2n) is 6.35. The number of benzene rings is 2. The molecule has 0 amide bonds. The van der Waals surface area contributed by atoms with Crippen LogP contribution in [0.3, 0.4) is 0 Å². The summed E-state index contributed by atoms with van der Waals surface area (Å²) in [6.45, 7) is 4.56. The van der Waals surface area contributed by atoms with Gasteiger partial charge >= 0.3 is 0 Å². The second kappa shape index (κ2) is 11.9. The van der Waals surface area contributed by atoms with Gasteiger partial charge in [0.2, 0.25) is 0 Å². The van der Waals surface area contributed by atoms with Crippen LogP contribution in [0.4, 0.5) is 11.4 Å². The predicted octanol–water partition coefficient (Wildman–Crippen LogP) is 5.19. The monoisotopic (exact) mass is 372 g/mol. The molecule has 5 heteroatoms. The third-order valence-corrected chi connectivity index (χ3v) is 4.30. The fourth-order valence-corrected chi connectivity index (χ4v) is 2.74. The molecule has 0 aliphatic rings. The van der Waals surface area contributed by atoms with E-state index in [1.807, 2.05) is 42.5 Å². The number of methoxy groups -OCH3 is 2. The topological polar surface area (TPSA) is 51.8 Å². The molecule has 0 spiro atoms. The summed E-state index contributed by atoms with van der Waals surface area (Å²) in [6, 6.07) is 13.8. The van der Waals surface area contributed by atoms with Crippen molar-refractivity contribution in [2.75, 3.05) is 44.5 Å². The third-order valence-electron chi connectivity index (χ3n) is 4.30. The van der Waals surface area contributed by atoms with E-state index in [9.17, 15) is 0 Å². The maximum Gasteiger partial charge on any atom is 0.142 e. The summed E-state index contributed by atoms with van der Waals surface area (Å²) in [5.74, 6) is 2.53. The van der Waals surface area contributed by atoms with E-state index in [4.69, 9.17) is 14.2 Å². The molecular formula is C22H32N2O3. The molecule has 0 aromatic heterocycles. The molecule has 2 aromatic rings. The van der Waals surface area contributed by atoms with E-state index in [1.54, 1.807) is 14.2 Å². The Morgan fingerprint density at radius 2 is 1.52 bits per heavy atom. The van der Waals surface area contributed by atoms with Gasteiger partial charge in [0.15, 0.2) is 0 Å². The summed E-state index contributed by atoms with van der Waals surface area (Å²) in [7, 11) is 3.32. The second-order valence-corrected chi connectivity index (χ2v) is 6.35. The van der Waals surface area contributed by atoms with E-state index in [2.05, 4.69) is 17.6 Å². The van der Waals surface area contributed by atoms with Crippen LogP contribution in [0, 0.1) is 0 Å². The Kier molecular flexibility index (Phi) is 9.18. The highest BCUT2D eigenvalue weighted by atomic mass is 16.5. The molecule has 0 saturated carbocycles. The molecule has 2 aromatic carbocycles. The Hall–Kier alpha value is -2.56. The molecule has 0 aliphatic carbocycles. The van der Waals surface area contributed by atoms with Gasteiger partial charge in [-0.15, -0.1) is 0 Å². The molecule has 0 fully saturated rings. The first-order valence-corrected chi connectivity index (χ1v) is 9.69. The summed E-state index contributed by atoms with van der Waals surface area (Å²) < 4.78 is 16.4. The first kappa shape index (κ1) is 20.7. The normalized spacial score (nSPS) is 10.3. The van der Waals surface area contributed by atoms with Crippen LogP contribution in [0.5, 0.6) is 17.2 Å². The van der Waals surface area contributed by atoms with Crippen LogP contribution in [0.2, 0.25) is 0 Å². The van der Waals surface area contributed by atoms with Gasteiger partial charge in [-0.2, -0.15) is 0 Å². The average molecular weight is 373 g/mol. The highest BCUT2D eigenvalue weighted by Crippen LogP contribution is 2.28. The van der Waals surface area contributed by atoms with Crippen molar-refractivity contribution in [2.24, 2.45) is 0 Å². The van der Waals surface area contributed by atoms with Gasteiger partial charge in [-0.3, -0.25) is 0 Å². The molecule has 0 aliphatic heterocycles. The molecule has 5 nitrogen and oxygen atoms in total. The van der Waals surface area contributed by atoms with Crippen molar-refractivity contribution < 1.29 is 14.2 Å². The lowest BCUT2D eigenvalue weighted by Crippen LogP contribution is -2.14. The predicted molar refractivity (Wildman–Crippen MR) is 113 cm³/mol. The van der Waals surface area contributed by atoms with E-state index in [0.29, 0.717) is 0 Å². The number of hydrogen-bond acceptors (Lipinski definition) is 5. The van der Waals surface area contributed by atoms with Crippen molar-refractivity contribution in [3.63, 3.8) is 0 Å². The Morgan fingerprint density at radius 3 is 2.22 bits per heavy atom. The van der Waals surface area contributed by atoms with Crippen LogP contribution in [-0.4, -0.2) is 33.9 Å². The number of nitrogens with one attached hydrogen (secondary N) is 2. The molecule has 0 heterocycles. The molecule has 0 atom stereocenters. The quantitative estimate of drug-likeness (QED) is 0.474. The molecule has 0 bridgehead atoms. The number of unbranched alkanes of at least 4 members (excludes halogenated alkanes) is 3. The van der Waals surface area contributed by atoms with Crippen molar-refractivity contribution in [3.8, 4) is 17.2 Å². The zero-order valence-electron chi connectivity index (χ0n) is 16.7. The van der Waals surface area contributed by atoms with E-state index >= 15 is 0 Å². The smallest absolute Gasteiger partial charge is 0.142 e. The first-order valence-electron chi connectivity index (χ1n) is 9.69. The number of hydrogen-bond donors (Lipinski definition) is 2. The minimum absolute atomic E-state index is 0.763. The largest absolute Gasteiger partial charge is 0.497 e. The first-order chi connectivity index (χ1) is 13.3. The number of ether oxygens (including phenoxy) is 3. The van der Waals surface area contributed by atoms with Gasteiger partial charge in [0.05, 0.1) is 26.5 Å². The summed E-state index contributed by atoms with van der Waals surface area (Å²) in [6.07, 6.45) is 4.89. The van der Waals surface area contributed by atoms with E-state index in [1.165, 1.54) is 19.3 Å². The molecule has 0 unspecified atom stereocenters. The Labute approximate surface area is 163 Å². The van der Waals surface area contributed by atoms with Crippen LogP contribution in [0.1, 0.15) is 32.6 Å². The number of anilines is 2. The lowest BCUT2D eigenvalue weighted by molar-refractivity contribution is 0.305. The van der Waals surface area contributed by atoms with Crippen LogP contribution < -0.4 is 24.8 Å². The van der Waals surface area contributed by atoms with Crippen LogP contribution in [0.25, 0.3) is 0 Å². The summed E-state index contributed by atoms with van der Waals surface area (Å²) in [4.78, 5) is 0. The van der Waals surface area contributed by atoms with E-state index < -0.39 is 0 Å². The van der Waals surface area contributed by atoms with Crippen molar-refractivity contribution in [1.82, 2.24) is 0 Å². The molecular weight excluding hydrogens is 340 g/mol. The van der Waals surface area contributed by atoms with Gasteiger partial charge < -0.3 is 24.8 Å². The third kappa shape index (κ3) is 7.29. The summed E-state index contributed by atoms with van der Waals surface area (Å²) in [5.41, 5.74) is 2.00. The summed E-state index contributed by atoms with van der Waals surface area (Å²) >= 11 is 0. The van der Waals surface area contributed by atoms with Gasteiger partial charge in [-0.05, 0) is 42.8 Å². The molecule has 2 N–H and O–H groups in total. The van der Waals surface area contributed by atoms with Crippen LogP contribution in [-0.2, 0) is 0 Å². The van der Waals surface area contributed by atoms with Crippen molar-refractivity contribution in [3.05, 3.63) is 42.5 Å². The zero-order valence-corrected chi connectivity index (χ0v) is 16.7. The van der Waals surface area contributed by atoms with Crippen LogP contribution in [0.15, 0.2) is 42.5 Å². The lowest BCUT2D eigenvalue weighted by atomic mass is 10.2. The average Bonchev–Trinajstić information content (AvgIpc) is 2.72. The van der Waals surface area contributed by atoms with Gasteiger partial charge in [0.25, 0.3) is 0 Å². The minimum atomic E-state index is 0.763. The molecule has 0 saturated heterocycles. The minimum Gasteiger partial charge on any atom is -0.497 e. The zero-order chi connectivity index (χ0) is 19.3. The molecule has 27 heavy (non-hydrogen) atoms. The number of rotatable bonds is 13. The SMILES string of the molecule is CCCCCCOc1ccc(NCCNc2cc(OC)ccc2OC)cc1. The standard InChI is InChI=1S/C22H32N2O3/c1-4-5-6-7-16-27-19-10-8-18(9-11-19)23-14-15-24-21-17-20(25-2)12-13-22(21)26-3/h8-13,17,23-24H,4-7,14-16H2,1-3H3. The summed E-state index contributed by atoms with van der Waals surface area (Å²) in [5, 5.41) is 6.78.